The fourth-order valence-electron chi connectivity index (χ4n) is 17.9. The van der Waals surface area contributed by atoms with Gasteiger partial charge in [0.05, 0.1) is 11.2 Å². The zero-order valence-corrected chi connectivity index (χ0v) is 56.5. The van der Waals surface area contributed by atoms with Crippen molar-refractivity contribution in [2.45, 2.75) is 220 Å². The molecule has 3 aliphatic carbocycles. The molecule has 87 heavy (non-hydrogen) atoms. The Hall–Kier alpha value is -6.78. The van der Waals surface area contributed by atoms with Crippen LogP contribution in [0.2, 0.25) is 0 Å². The summed E-state index contributed by atoms with van der Waals surface area (Å²) in [5.41, 5.74) is 32.1. The number of anilines is 8. The highest BCUT2D eigenvalue weighted by Gasteiger charge is 2.59. The molecule has 2 unspecified atom stereocenters. The molecule has 0 spiro atoms. The molecule has 1 fully saturated rings. The summed E-state index contributed by atoms with van der Waals surface area (Å²) in [6.45, 7) is 48.8. The lowest BCUT2D eigenvalue weighted by atomic mass is 9.33. The van der Waals surface area contributed by atoms with E-state index in [-0.39, 0.29) is 55.6 Å². The quantitative estimate of drug-likeness (QED) is 0.159. The maximum atomic E-state index is 2.88. The first-order valence-corrected chi connectivity index (χ1v) is 33.2. The van der Waals surface area contributed by atoms with Crippen molar-refractivity contribution in [1.82, 2.24) is 0 Å². The maximum Gasteiger partial charge on any atom is 0.252 e. The van der Waals surface area contributed by atoms with E-state index in [1.807, 2.05) is 0 Å². The number of hydrogen-bond acceptors (Lipinski definition) is 3. The third kappa shape index (κ3) is 8.47. The second kappa shape index (κ2) is 18.7. The molecule has 0 amide bonds. The Balaban J connectivity index is 1.13. The first kappa shape index (κ1) is 57.9. The van der Waals surface area contributed by atoms with Crippen LogP contribution in [0, 0.1) is 12.3 Å². The van der Waals surface area contributed by atoms with E-state index < -0.39 is 0 Å². The van der Waals surface area contributed by atoms with Crippen LogP contribution in [0.5, 0.6) is 0 Å². The summed E-state index contributed by atoms with van der Waals surface area (Å²) in [5.74, 6) is 0. The van der Waals surface area contributed by atoms with Gasteiger partial charge in [0.15, 0.2) is 0 Å². The lowest BCUT2D eigenvalue weighted by Gasteiger charge is -2.51. The van der Waals surface area contributed by atoms with Crippen LogP contribution in [-0.2, 0) is 44.3 Å². The second-order valence-corrected chi connectivity index (χ2v) is 34.0. The van der Waals surface area contributed by atoms with Crippen LogP contribution >= 0.6 is 0 Å². The zero-order valence-electron chi connectivity index (χ0n) is 56.5. The molecule has 0 aromatic heterocycles. The smallest absolute Gasteiger partial charge is 0.252 e. The zero-order chi connectivity index (χ0) is 61.9. The molecule has 2 atom stereocenters. The largest absolute Gasteiger partial charge is 0.334 e. The summed E-state index contributed by atoms with van der Waals surface area (Å²) in [7, 11) is 0. The van der Waals surface area contributed by atoms with E-state index in [0.717, 1.165) is 25.7 Å². The molecule has 4 heteroatoms. The fourth-order valence-corrected chi connectivity index (χ4v) is 17.9. The highest BCUT2D eigenvalue weighted by atomic mass is 15.3. The van der Waals surface area contributed by atoms with Gasteiger partial charge in [-0.05, 0) is 215 Å². The molecule has 8 aromatic carbocycles. The van der Waals surface area contributed by atoms with Crippen molar-refractivity contribution in [3.8, 4) is 22.3 Å². The van der Waals surface area contributed by atoms with Crippen LogP contribution in [0.25, 0.3) is 22.3 Å². The topological polar surface area (TPSA) is 9.72 Å². The summed E-state index contributed by atoms with van der Waals surface area (Å²) in [4.78, 5) is 8.44. The SMILES string of the molecule is Cc1cc2c(cc1N1c3cc(C(C)(C)C)ccc3B3c4cc5c(cc4N(c4ccc(C(C)(C)C)cc4-c4ccccc4)c4cc(N6c7ccc(-c8ccc(C(C)(C)C)cc8)cc7C7(C)CCCCC67C)cc1c43)C(C)(C)C(C)(C)C5)C(C)(C)CC2(C)C. The third-order valence-electron chi connectivity index (χ3n) is 23.7. The van der Waals surface area contributed by atoms with Crippen LogP contribution < -0.4 is 31.1 Å². The molecular weight excluding hydrogens is 1050 g/mol. The van der Waals surface area contributed by atoms with E-state index in [1.54, 1.807) is 0 Å². The van der Waals surface area contributed by atoms with Gasteiger partial charge in [-0.25, -0.2) is 0 Å². The summed E-state index contributed by atoms with van der Waals surface area (Å²) in [5, 5.41) is 0. The number of fused-ring (bicyclic) bond motifs is 9. The number of benzene rings is 8. The Morgan fingerprint density at radius 1 is 0.425 bits per heavy atom. The van der Waals surface area contributed by atoms with Crippen molar-refractivity contribution in [3.05, 3.63) is 196 Å². The average molecular weight is 1150 g/mol. The highest BCUT2D eigenvalue weighted by molar-refractivity contribution is 7.00. The van der Waals surface area contributed by atoms with Crippen LogP contribution in [0.3, 0.4) is 0 Å². The predicted molar refractivity (Wildman–Crippen MR) is 376 cm³/mol. The Kier molecular flexibility index (Phi) is 12.4. The Morgan fingerprint density at radius 2 is 0.977 bits per heavy atom. The van der Waals surface area contributed by atoms with Crippen LogP contribution in [0.1, 0.15) is 214 Å². The molecule has 14 rings (SSSR count). The molecule has 1 saturated carbocycles. The van der Waals surface area contributed by atoms with E-state index in [0.29, 0.717) is 0 Å². The minimum absolute atomic E-state index is 0.00840. The van der Waals surface area contributed by atoms with Crippen molar-refractivity contribution in [2.24, 2.45) is 5.41 Å². The molecule has 3 nitrogen and oxygen atoms in total. The summed E-state index contributed by atoms with van der Waals surface area (Å²) >= 11 is 0. The second-order valence-electron chi connectivity index (χ2n) is 34.0. The van der Waals surface area contributed by atoms with Gasteiger partial charge in [-0.1, -0.05) is 228 Å². The minimum Gasteiger partial charge on any atom is -0.334 e. The lowest BCUT2D eigenvalue weighted by Crippen LogP contribution is -2.62. The first-order valence-electron chi connectivity index (χ1n) is 33.2. The van der Waals surface area contributed by atoms with Gasteiger partial charge in [-0.15, -0.1) is 0 Å². The standard InChI is InChI=1S/C83H96BN3/c1-51-40-62-63(79(13,14)50-78(62,11)12)48-69(51)86-70-44-58(77(8,9)10)33-35-65(70)84-66-42-55-49-80(15,16)81(17,18)61(55)47-71(66)85(67-37-34-57(76(5,6)7)43-60(67)53-26-22-21-23-27-53)72-45-59(46-73(86)74(72)84)87-68-36-30-54(52-28-31-56(32-29-52)75(2,3)4)41-64(68)82(19)38-24-25-39-83(82,87)20/h21-23,26-37,40-48H,24-25,38-39,49-50H2,1-20H3. The fraction of sp³-hybridized carbons (Fsp3) is 0.422. The van der Waals surface area contributed by atoms with E-state index >= 15 is 0 Å². The van der Waals surface area contributed by atoms with Crippen molar-refractivity contribution in [3.63, 3.8) is 0 Å². The molecular formula is C83H96BN3. The van der Waals surface area contributed by atoms with Gasteiger partial charge in [0.25, 0.3) is 6.71 Å². The van der Waals surface area contributed by atoms with Crippen molar-refractivity contribution in [1.29, 1.82) is 0 Å². The number of nitrogens with zero attached hydrogens (tertiary/aromatic N) is 3. The van der Waals surface area contributed by atoms with Crippen LogP contribution in [0.4, 0.5) is 45.5 Å². The third-order valence-corrected chi connectivity index (χ3v) is 23.7. The molecule has 3 heterocycles. The van der Waals surface area contributed by atoms with Gasteiger partial charge >= 0.3 is 0 Å². The highest BCUT2D eigenvalue weighted by Crippen LogP contribution is 2.63. The van der Waals surface area contributed by atoms with Gasteiger partial charge in [-0.2, -0.15) is 0 Å². The molecule has 0 N–H and O–H groups in total. The van der Waals surface area contributed by atoms with Crippen molar-refractivity contribution >= 4 is 68.6 Å². The van der Waals surface area contributed by atoms with E-state index in [2.05, 4.69) is 299 Å². The van der Waals surface area contributed by atoms with E-state index in [4.69, 9.17) is 0 Å². The molecule has 446 valence electrons. The lowest BCUT2D eigenvalue weighted by molar-refractivity contribution is 0.195. The molecule has 6 aliphatic rings. The summed E-state index contributed by atoms with van der Waals surface area (Å²) in [6.07, 6.45) is 6.83. The van der Waals surface area contributed by atoms with Crippen LogP contribution in [-0.4, -0.2) is 12.3 Å². The Bertz CT molecular complexity index is 4170. The minimum atomic E-state index is -0.212. The molecule has 0 saturated heterocycles. The Morgan fingerprint density at radius 3 is 1.63 bits per heavy atom. The first-order chi connectivity index (χ1) is 40.6. The molecule has 8 aromatic rings. The van der Waals surface area contributed by atoms with Crippen LogP contribution in [0.15, 0.2) is 146 Å². The predicted octanol–water partition coefficient (Wildman–Crippen LogP) is 20.9. The van der Waals surface area contributed by atoms with Gasteiger partial charge in [0, 0.05) is 50.8 Å². The van der Waals surface area contributed by atoms with E-state index in [9.17, 15) is 0 Å². The summed E-state index contributed by atoms with van der Waals surface area (Å²) in [6, 6.07) is 59.4. The molecule has 3 aliphatic heterocycles. The van der Waals surface area contributed by atoms with Crippen molar-refractivity contribution in [2.75, 3.05) is 14.7 Å². The normalized spacial score (nSPS) is 21.7. The monoisotopic (exact) mass is 1150 g/mol. The maximum absolute atomic E-state index is 2.88. The number of rotatable bonds is 5. The molecule has 0 bridgehead atoms. The van der Waals surface area contributed by atoms with E-state index in [1.165, 1.54) is 147 Å². The van der Waals surface area contributed by atoms with Gasteiger partial charge in [-0.3, -0.25) is 0 Å². The summed E-state index contributed by atoms with van der Waals surface area (Å²) < 4.78 is 0. The van der Waals surface area contributed by atoms with Gasteiger partial charge in [0.2, 0.25) is 0 Å². The average Bonchev–Trinajstić information content (AvgIpc) is 1.68. The molecule has 0 radical (unpaired) electrons. The van der Waals surface area contributed by atoms with Crippen molar-refractivity contribution < 1.29 is 0 Å². The van der Waals surface area contributed by atoms with Gasteiger partial charge < -0.3 is 14.7 Å². The van der Waals surface area contributed by atoms with Gasteiger partial charge in [0.1, 0.15) is 0 Å². The number of hydrogen-bond donors (Lipinski definition) is 0. The Labute approximate surface area is 524 Å². The number of aryl methyl sites for hydroxylation is 1.